The summed E-state index contributed by atoms with van der Waals surface area (Å²) in [5.41, 5.74) is 18.0. The quantitative estimate of drug-likeness (QED) is 0.0327. The first-order valence-electron chi connectivity index (χ1n) is 51.8. The van der Waals surface area contributed by atoms with Gasteiger partial charge in [0.05, 0.1) is 23.0 Å². The molecule has 5 heterocycles. The van der Waals surface area contributed by atoms with Crippen LogP contribution in [0.3, 0.4) is 0 Å². The van der Waals surface area contributed by atoms with Gasteiger partial charge in [0.1, 0.15) is 23.5 Å². The van der Waals surface area contributed by atoms with Crippen molar-refractivity contribution in [2.24, 2.45) is 38.0 Å². The molecular formula is C129H161N5O9. The molecule has 18 rings (SSSR count). The molecule has 10 aromatic rings. The third-order valence-electron chi connectivity index (χ3n) is 28.9. The molecule has 14 heteroatoms. The Morgan fingerprint density at radius 2 is 0.888 bits per heavy atom. The number of likely N-dealkylation sites (tertiary alicyclic amines) is 2. The third kappa shape index (κ3) is 35.5. The van der Waals surface area contributed by atoms with Gasteiger partial charge >= 0.3 is 6.09 Å². The van der Waals surface area contributed by atoms with E-state index in [9.17, 15) is 33.9 Å². The molecule has 0 bridgehead atoms. The molecule has 0 radical (unpaired) electrons. The lowest BCUT2D eigenvalue weighted by Crippen LogP contribution is -2.53. The van der Waals surface area contributed by atoms with Crippen molar-refractivity contribution >= 4 is 41.2 Å². The Bertz CT molecular complexity index is 5690. The highest BCUT2D eigenvalue weighted by atomic mass is 16.6. The summed E-state index contributed by atoms with van der Waals surface area (Å²) in [6.07, 6.45) is 23.9. The monoisotopic (exact) mass is 1920 g/mol. The number of aryl methyl sites for hydroxylation is 3. The number of fused-ring (bicyclic) bond motifs is 3. The fourth-order valence-electron chi connectivity index (χ4n) is 21.3. The predicted molar refractivity (Wildman–Crippen MR) is 589 cm³/mol. The standard InChI is InChI=1S/C25H29NO.C24H27NO.C23H31NO3.C21H26N2.C11H14O.C11H12O.C9H10O.C4H8O.CH4/c1-24-15-13-23(27)25(2,17-20-9-5-3-6-10-20)22(24)14-16-26(19-24)18-21-11-7-4-8-12-21;1-24-14-12-23(26)21(16-19-8-4-2-5-9-19)22(24)13-15-25(18-24)17-20-10-6-3-7-11-20;1-21(2,3)27-20(26)24-14-12-18-22(4,16-24)13-11-19(25)23(18,5)15-17-9-7-6-8-10-17;1-17-15-23(16-19-9-5-3-6-10-19)14-13-21(17)22-18(2)20-11-7-4-8-12-20;2*1-2-11(12)9-8-10-6-4-3-5-7-10;10-8-4-7-9-5-2-1-3-6-9;1-2-4-5-3-1;/h3-12,14H,13,15-19H2,1-2H3;2-11H,12-18H2,1H3;6-10,12H,11,13-16H2,1-5H3;3-12,17-18H,13-16H2,1-2H3;2-7,11-12H,1,8-9H2;2-7H,1,8-9H2;1-3,5-6,8H,4,7H2;1-4H2;1H4/t24-,25-;24-;22-,23-;17?,18-;;;;;/m0000...../s1. The van der Waals surface area contributed by atoms with Crippen molar-refractivity contribution in [3.05, 3.63) is 419 Å². The number of hydrogen-bond donors (Lipinski definition) is 1. The molecule has 1 N–H and O–H groups in total. The Kier molecular flexibility index (Phi) is 44.9. The van der Waals surface area contributed by atoms with Crippen molar-refractivity contribution in [1.29, 1.82) is 0 Å². The van der Waals surface area contributed by atoms with Crippen molar-refractivity contribution in [2.45, 2.75) is 236 Å². The van der Waals surface area contributed by atoms with Crippen LogP contribution in [0.4, 0.5) is 4.79 Å². The van der Waals surface area contributed by atoms with Crippen LogP contribution in [0.25, 0.3) is 0 Å². The highest BCUT2D eigenvalue weighted by Gasteiger charge is 2.53. The lowest BCUT2D eigenvalue weighted by Gasteiger charge is -2.51. The van der Waals surface area contributed by atoms with Crippen molar-refractivity contribution in [2.75, 3.05) is 65.6 Å². The number of aliphatic imine (C=N–C) groups is 1. The zero-order valence-corrected chi connectivity index (χ0v) is 86.5. The summed E-state index contributed by atoms with van der Waals surface area (Å²) in [6, 6.07) is 104. The molecule has 14 nitrogen and oxygen atoms in total. The Labute approximate surface area is 857 Å². The van der Waals surface area contributed by atoms with Gasteiger partial charge in [-0.2, -0.15) is 0 Å². The van der Waals surface area contributed by atoms with E-state index in [-0.39, 0.29) is 53.1 Å². The summed E-state index contributed by atoms with van der Waals surface area (Å²) < 4.78 is 10.5. The van der Waals surface area contributed by atoms with Crippen molar-refractivity contribution in [3.63, 3.8) is 0 Å². The number of amides is 1. The van der Waals surface area contributed by atoms with Crippen LogP contribution in [0.15, 0.2) is 368 Å². The second-order valence-electron chi connectivity index (χ2n) is 41.8. The predicted octanol–water partition coefficient (Wildman–Crippen LogP) is 27.2. The minimum absolute atomic E-state index is 0. The van der Waals surface area contributed by atoms with Crippen molar-refractivity contribution in [3.8, 4) is 0 Å². The Morgan fingerprint density at radius 3 is 1.33 bits per heavy atom. The molecule has 5 fully saturated rings. The van der Waals surface area contributed by atoms with Crippen LogP contribution in [0.1, 0.15) is 222 Å². The molecule has 5 aliphatic heterocycles. The zero-order valence-electron chi connectivity index (χ0n) is 86.5. The first-order valence-corrected chi connectivity index (χ1v) is 51.8. The van der Waals surface area contributed by atoms with E-state index in [1.165, 1.54) is 97.0 Å². The molecule has 0 spiro atoms. The average Bonchev–Trinajstić information content (AvgIpc) is 0.782. The van der Waals surface area contributed by atoms with E-state index in [0.717, 1.165) is 155 Å². The van der Waals surface area contributed by atoms with Crippen LogP contribution in [0.5, 0.6) is 0 Å². The van der Waals surface area contributed by atoms with Gasteiger partial charge in [-0.25, -0.2) is 4.79 Å². The number of ketones is 4. The van der Waals surface area contributed by atoms with Gasteiger partial charge in [0.25, 0.3) is 0 Å². The Balaban J connectivity index is 0.000000174. The molecular weight excluding hydrogens is 1760 g/mol. The van der Waals surface area contributed by atoms with E-state index >= 15 is 0 Å². The largest absolute Gasteiger partial charge is 0.444 e. The van der Waals surface area contributed by atoms with Gasteiger partial charge in [-0.3, -0.25) is 38.9 Å². The van der Waals surface area contributed by atoms with E-state index in [1.807, 2.05) is 130 Å². The number of rotatable bonds is 25. The molecule has 8 atom stereocenters. The van der Waals surface area contributed by atoms with Gasteiger partial charge in [-0.05, 0) is 192 Å². The number of allylic oxidation sites excluding steroid dienone is 2. The van der Waals surface area contributed by atoms with E-state index in [1.54, 1.807) is 11.0 Å². The topological polar surface area (TPSA) is 166 Å². The summed E-state index contributed by atoms with van der Waals surface area (Å²) in [5, 5.41) is 9.20. The van der Waals surface area contributed by atoms with Gasteiger partial charge in [0.15, 0.2) is 11.6 Å². The van der Waals surface area contributed by atoms with Crippen LogP contribution < -0.4 is 0 Å². The van der Waals surface area contributed by atoms with E-state index < -0.39 is 11.0 Å². The zero-order chi connectivity index (χ0) is 101. The number of aldehydes is 1. The number of benzene rings is 10. The SMILES string of the molecule is C.C1CCOC1.C=CC(=O)CCc1ccccc1.C=CC(O)CCc1ccccc1.CC(C)(C)OC(=O)N1CC=C2[C@@](C)(CCC(=O)[C@@]2(C)Cc2ccccc2)C1.CC1CN(Cc2ccccc2)CCC1=N[C@@H](C)c1ccccc1.C[C@@]12CCC(=O)C(Cc3ccccc3)=C1CCN(Cc1ccccc1)C2.C[C@@]12CCC(=O)[C@@](C)(Cc3ccccc3)C1=CCN(Cc1ccccc1)C2.O=CCCc1ccccc1. The molecule has 0 aromatic heterocycles. The van der Waals surface area contributed by atoms with Crippen LogP contribution >= 0.6 is 0 Å². The van der Waals surface area contributed by atoms with Crippen LogP contribution in [0.2, 0.25) is 0 Å². The maximum absolute atomic E-state index is 13.0. The number of aliphatic hydroxyl groups is 1. The van der Waals surface area contributed by atoms with Crippen LogP contribution in [0, 0.1) is 33.0 Å². The van der Waals surface area contributed by atoms with Crippen molar-refractivity contribution < 1.29 is 43.3 Å². The minimum atomic E-state index is -0.508. The number of nitrogens with zero attached hydrogens (tertiary/aromatic N) is 5. The number of carbonyl (C=O) groups excluding carboxylic acids is 6. The minimum Gasteiger partial charge on any atom is -0.444 e. The van der Waals surface area contributed by atoms with Gasteiger partial charge < -0.3 is 24.3 Å². The summed E-state index contributed by atoms with van der Waals surface area (Å²) in [7, 11) is 0. The molecule has 8 aliphatic rings. The number of hydrogen-bond acceptors (Lipinski definition) is 13. The van der Waals surface area contributed by atoms with Crippen molar-refractivity contribution in [1.82, 2.24) is 19.6 Å². The number of ether oxygens (including phenoxy) is 2. The van der Waals surface area contributed by atoms with E-state index in [0.29, 0.717) is 74.9 Å². The Hall–Kier alpha value is -12.0. The second kappa shape index (κ2) is 56.9. The van der Waals surface area contributed by atoms with E-state index in [2.05, 4.69) is 283 Å². The number of carbonyl (C=O) groups is 6. The molecule has 10 aromatic carbocycles. The first-order chi connectivity index (χ1) is 68.5. The van der Waals surface area contributed by atoms with Crippen LogP contribution in [-0.2, 0) is 91.6 Å². The van der Waals surface area contributed by atoms with Gasteiger partial charge in [-0.1, -0.05) is 380 Å². The maximum Gasteiger partial charge on any atom is 0.410 e. The second-order valence-corrected chi connectivity index (χ2v) is 41.8. The number of piperidine rings is 2. The first kappa shape index (κ1) is 113. The normalized spacial score (nSPS) is 22.0. The maximum atomic E-state index is 13.0. The number of aliphatic hydroxyl groups excluding tert-OH is 1. The van der Waals surface area contributed by atoms with Gasteiger partial charge in [0, 0.05) is 152 Å². The third-order valence-corrected chi connectivity index (χ3v) is 28.9. The Morgan fingerprint density at radius 1 is 0.490 bits per heavy atom. The summed E-state index contributed by atoms with van der Waals surface area (Å²) >= 11 is 0. The van der Waals surface area contributed by atoms with Crippen LogP contribution in [-0.4, -0.2) is 143 Å². The summed E-state index contributed by atoms with van der Waals surface area (Å²) in [4.78, 5) is 86.5. The average molecular weight is 1930 g/mol. The highest BCUT2D eigenvalue weighted by Crippen LogP contribution is 2.55. The summed E-state index contributed by atoms with van der Waals surface area (Å²) in [5.74, 6) is 1.74. The fraction of sp³-hybridized carbons (Fsp3) is 0.403. The molecule has 756 valence electrons. The fourth-order valence-corrected chi connectivity index (χ4v) is 21.3. The molecule has 143 heavy (non-hydrogen) atoms. The lowest BCUT2D eigenvalue weighted by molar-refractivity contribution is -0.130. The van der Waals surface area contributed by atoms with Gasteiger partial charge in [0.2, 0.25) is 0 Å². The van der Waals surface area contributed by atoms with Gasteiger partial charge in [-0.15, -0.1) is 6.58 Å². The summed E-state index contributed by atoms with van der Waals surface area (Å²) in [6.45, 7) is 40.7. The number of Topliss-reactive ketones (excluding diaryl/α,β-unsaturated/α-hetero) is 3. The lowest BCUT2D eigenvalue weighted by atomic mass is 9.56. The highest BCUT2D eigenvalue weighted by molar-refractivity contribution is 5.98. The van der Waals surface area contributed by atoms with E-state index in [4.69, 9.17) is 14.5 Å². The smallest absolute Gasteiger partial charge is 0.410 e. The molecule has 3 saturated heterocycles. The molecule has 1 amide bonds. The molecule has 2 unspecified atom stereocenters. The molecule has 2 saturated carbocycles. The molecule has 3 aliphatic carbocycles.